The lowest BCUT2D eigenvalue weighted by Crippen LogP contribution is -2.33. The van der Waals surface area contributed by atoms with E-state index >= 15 is 0 Å². The quantitative estimate of drug-likeness (QED) is 0.787. The van der Waals surface area contributed by atoms with Gasteiger partial charge in [-0.25, -0.2) is 4.90 Å². The Morgan fingerprint density at radius 3 is 2.46 bits per heavy atom. The van der Waals surface area contributed by atoms with E-state index in [4.69, 9.17) is 14.3 Å². The summed E-state index contributed by atoms with van der Waals surface area (Å²) in [5.41, 5.74) is 1.49. The summed E-state index contributed by atoms with van der Waals surface area (Å²) in [6.07, 6.45) is -0.954. The molecule has 0 radical (unpaired) electrons. The van der Waals surface area contributed by atoms with E-state index in [-0.39, 0.29) is 5.91 Å². The molecule has 2 amide bonds. The van der Waals surface area contributed by atoms with E-state index in [9.17, 15) is 9.59 Å². The largest absolute Gasteiger partial charge is 0.497 e. The first kappa shape index (κ1) is 16.1. The van der Waals surface area contributed by atoms with Crippen molar-refractivity contribution in [2.24, 2.45) is 11.1 Å². The Morgan fingerprint density at radius 1 is 1.00 bits per heavy atom. The highest BCUT2D eigenvalue weighted by Crippen LogP contribution is 2.37. The topological polar surface area (TPSA) is 77.4 Å². The van der Waals surface area contributed by atoms with Gasteiger partial charge in [0.2, 0.25) is 12.0 Å². The predicted octanol–water partition coefficient (Wildman–Crippen LogP) is 2.00. The lowest BCUT2D eigenvalue weighted by Gasteiger charge is -2.16. The van der Waals surface area contributed by atoms with Crippen molar-refractivity contribution in [1.29, 1.82) is 0 Å². The van der Waals surface area contributed by atoms with Crippen LogP contribution < -0.4 is 14.4 Å². The van der Waals surface area contributed by atoms with Crippen molar-refractivity contribution in [3.8, 4) is 11.5 Å². The van der Waals surface area contributed by atoms with Gasteiger partial charge in [-0.3, -0.25) is 9.59 Å². The van der Waals surface area contributed by atoms with Crippen molar-refractivity contribution >= 4 is 23.2 Å². The molecule has 0 aromatic heterocycles. The number of benzene rings is 2. The average Bonchev–Trinajstić information content (AvgIpc) is 3.22. The van der Waals surface area contributed by atoms with Gasteiger partial charge < -0.3 is 14.3 Å². The highest BCUT2D eigenvalue weighted by atomic mass is 16.7. The summed E-state index contributed by atoms with van der Waals surface area (Å²) in [6, 6.07) is 14.0. The Bertz CT molecular complexity index is 909. The Labute approximate surface area is 149 Å². The minimum atomic E-state index is -0.954. The zero-order valence-electron chi connectivity index (χ0n) is 14.2. The number of carbonyl (C=O) groups is 2. The standard InChI is InChI=1S/C19H16N2O5/c1-24-12-8-9-13(14(10-12)25-2)16-15-17(26-20-16)19(23)21(18(15)22)11-6-4-3-5-7-11/h3-10,15,17H,1-2H3/t15-,17-/m1/s1. The van der Waals surface area contributed by atoms with Crippen molar-refractivity contribution in [1.82, 2.24) is 0 Å². The number of carbonyl (C=O) groups excluding carboxylic acids is 2. The zero-order valence-corrected chi connectivity index (χ0v) is 14.2. The first-order valence-corrected chi connectivity index (χ1v) is 8.04. The van der Waals surface area contributed by atoms with E-state index < -0.39 is 17.9 Å². The van der Waals surface area contributed by atoms with Gasteiger partial charge in [0, 0.05) is 11.6 Å². The molecule has 0 saturated carbocycles. The Kier molecular flexibility index (Phi) is 3.84. The maximum absolute atomic E-state index is 13.0. The second-order valence-corrected chi connectivity index (χ2v) is 5.89. The molecule has 0 bridgehead atoms. The van der Waals surface area contributed by atoms with Crippen LogP contribution in [0.2, 0.25) is 0 Å². The maximum atomic E-state index is 13.0. The molecule has 0 N–H and O–H groups in total. The normalized spacial score (nSPS) is 21.3. The highest BCUT2D eigenvalue weighted by molar-refractivity contribution is 6.32. The van der Waals surface area contributed by atoms with E-state index in [1.54, 1.807) is 49.6 Å². The highest BCUT2D eigenvalue weighted by Gasteiger charge is 2.56. The molecular weight excluding hydrogens is 336 g/mol. The minimum Gasteiger partial charge on any atom is -0.497 e. The summed E-state index contributed by atoms with van der Waals surface area (Å²) in [4.78, 5) is 32.1. The van der Waals surface area contributed by atoms with Crippen molar-refractivity contribution in [3.05, 3.63) is 54.1 Å². The van der Waals surface area contributed by atoms with Gasteiger partial charge in [-0.15, -0.1) is 0 Å². The SMILES string of the molecule is COc1ccc(C2=NO[C@H]3C(=O)N(c4ccccc4)C(=O)[C@H]23)c(OC)c1. The molecule has 2 heterocycles. The van der Waals surface area contributed by atoms with Crippen LogP contribution in [-0.2, 0) is 14.4 Å². The number of methoxy groups -OCH3 is 2. The Hall–Kier alpha value is -3.35. The summed E-state index contributed by atoms with van der Waals surface area (Å²) < 4.78 is 10.6. The predicted molar refractivity (Wildman–Crippen MR) is 93.4 cm³/mol. The number of hydrogen-bond donors (Lipinski definition) is 0. The number of fused-ring (bicyclic) bond motifs is 1. The smallest absolute Gasteiger partial charge is 0.278 e. The molecule has 2 aliphatic heterocycles. The molecule has 0 aliphatic carbocycles. The molecule has 4 rings (SSSR count). The molecule has 132 valence electrons. The number of amides is 2. The first-order valence-electron chi connectivity index (χ1n) is 8.04. The maximum Gasteiger partial charge on any atom is 0.278 e. The number of anilines is 1. The number of imide groups is 1. The molecule has 26 heavy (non-hydrogen) atoms. The van der Waals surface area contributed by atoms with Crippen LogP contribution in [0.25, 0.3) is 0 Å². The van der Waals surface area contributed by atoms with Crippen LogP contribution in [0.5, 0.6) is 11.5 Å². The number of para-hydroxylation sites is 1. The van der Waals surface area contributed by atoms with E-state index in [0.717, 1.165) is 4.90 Å². The number of hydrogen-bond acceptors (Lipinski definition) is 6. The van der Waals surface area contributed by atoms with E-state index in [1.807, 2.05) is 6.07 Å². The second kappa shape index (κ2) is 6.18. The Balaban J connectivity index is 1.72. The van der Waals surface area contributed by atoms with Crippen molar-refractivity contribution in [2.75, 3.05) is 19.1 Å². The fraction of sp³-hybridized carbons (Fsp3) is 0.211. The summed E-state index contributed by atoms with van der Waals surface area (Å²) in [5.74, 6) is -0.477. The third-order valence-electron chi connectivity index (χ3n) is 4.51. The van der Waals surface area contributed by atoms with Crippen LogP contribution in [-0.4, -0.2) is 37.8 Å². The van der Waals surface area contributed by atoms with Gasteiger partial charge in [0.15, 0.2) is 0 Å². The lowest BCUT2D eigenvalue weighted by molar-refractivity contribution is -0.126. The summed E-state index contributed by atoms with van der Waals surface area (Å²) in [6.45, 7) is 0. The first-order chi connectivity index (χ1) is 12.7. The molecule has 7 heteroatoms. The van der Waals surface area contributed by atoms with Crippen LogP contribution in [0.3, 0.4) is 0 Å². The van der Waals surface area contributed by atoms with E-state index in [2.05, 4.69) is 5.16 Å². The molecule has 2 aliphatic rings. The molecule has 2 aromatic carbocycles. The average molecular weight is 352 g/mol. The van der Waals surface area contributed by atoms with Gasteiger partial charge in [-0.2, -0.15) is 0 Å². The zero-order chi connectivity index (χ0) is 18.3. The number of ether oxygens (including phenoxy) is 2. The fourth-order valence-electron chi connectivity index (χ4n) is 3.24. The van der Waals surface area contributed by atoms with Gasteiger partial charge >= 0.3 is 0 Å². The number of nitrogens with zero attached hydrogens (tertiary/aromatic N) is 2. The van der Waals surface area contributed by atoms with Gasteiger partial charge in [0.05, 0.1) is 19.9 Å². The van der Waals surface area contributed by atoms with Gasteiger partial charge in [-0.1, -0.05) is 23.4 Å². The van der Waals surface area contributed by atoms with Gasteiger partial charge in [0.1, 0.15) is 23.1 Å². The molecule has 2 atom stereocenters. The minimum absolute atomic E-state index is 0.361. The molecule has 7 nitrogen and oxygen atoms in total. The molecule has 1 fully saturated rings. The van der Waals surface area contributed by atoms with Crippen LogP contribution in [0.15, 0.2) is 53.7 Å². The molecule has 2 aromatic rings. The molecule has 0 spiro atoms. The third kappa shape index (κ3) is 2.32. The van der Waals surface area contributed by atoms with Crippen LogP contribution >= 0.6 is 0 Å². The van der Waals surface area contributed by atoms with Crippen molar-refractivity contribution < 1.29 is 23.9 Å². The second-order valence-electron chi connectivity index (χ2n) is 5.89. The van der Waals surface area contributed by atoms with Crippen molar-refractivity contribution in [2.45, 2.75) is 6.10 Å². The monoisotopic (exact) mass is 352 g/mol. The van der Waals surface area contributed by atoms with E-state index in [0.29, 0.717) is 28.5 Å². The fourth-order valence-corrected chi connectivity index (χ4v) is 3.24. The Morgan fingerprint density at radius 2 is 1.77 bits per heavy atom. The molecular formula is C19H16N2O5. The van der Waals surface area contributed by atoms with Crippen LogP contribution in [0.1, 0.15) is 5.56 Å². The molecule has 1 saturated heterocycles. The van der Waals surface area contributed by atoms with Crippen molar-refractivity contribution in [3.63, 3.8) is 0 Å². The summed E-state index contributed by atoms with van der Waals surface area (Å²) >= 11 is 0. The molecule has 0 unspecified atom stereocenters. The summed E-state index contributed by atoms with van der Waals surface area (Å²) in [7, 11) is 3.07. The lowest BCUT2D eigenvalue weighted by atomic mass is 9.93. The number of rotatable bonds is 4. The number of oxime groups is 1. The van der Waals surface area contributed by atoms with Crippen LogP contribution in [0, 0.1) is 5.92 Å². The van der Waals surface area contributed by atoms with Gasteiger partial charge in [0.25, 0.3) is 5.91 Å². The summed E-state index contributed by atoms with van der Waals surface area (Å²) in [5, 5.41) is 4.01. The van der Waals surface area contributed by atoms with Crippen LogP contribution in [0.4, 0.5) is 5.69 Å². The van der Waals surface area contributed by atoms with E-state index in [1.165, 1.54) is 7.11 Å². The third-order valence-corrected chi connectivity index (χ3v) is 4.51. The van der Waals surface area contributed by atoms with Gasteiger partial charge in [-0.05, 0) is 24.3 Å².